The van der Waals surface area contributed by atoms with Crippen molar-refractivity contribution in [3.63, 3.8) is 0 Å². The van der Waals surface area contributed by atoms with Crippen molar-refractivity contribution in [2.75, 3.05) is 0 Å². The van der Waals surface area contributed by atoms with Gasteiger partial charge in [0.25, 0.3) is 5.69 Å². The normalized spacial score (nSPS) is 16.5. The van der Waals surface area contributed by atoms with Crippen molar-refractivity contribution in [2.24, 2.45) is 4.99 Å². The molecule has 0 bridgehead atoms. The summed E-state index contributed by atoms with van der Waals surface area (Å²) in [6.07, 6.45) is 3.03. The first-order valence-corrected chi connectivity index (χ1v) is 4.52. The van der Waals surface area contributed by atoms with Crippen molar-refractivity contribution in [3.8, 4) is 0 Å². The van der Waals surface area contributed by atoms with E-state index in [1.165, 1.54) is 18.2 Å². The van der Waals surface area contributed by atoms with E-state index in [1.807, 2.05) is 0 Å². The lowest BCUT2D eigenvalue weighted by atomic mass is 10.1. The second-order valence-corrected chi connectivity index (χ2v) is 3.54. The van der Waals surface area contributed by atoms with Gasteiger partial charge in [-0.05, 0) is 18.4 Å². The van der Waals surface area contributed by atoms with Gasteiger partial charge in [0.05, 0.1) is 10.5 Å². The fourth-order valence-corrected chi connectivity index (χ4v) is 1.58. The summed E-state index contributed by atoms with van der Waals surface area (Å²) < 4.78 is 0. The van der Waals surface area contributed by atoms with Crippen LogP contribution in [0.2, 0.25) is 0 Å². The molecule has 0 heterocycles. The lowest BCUT2D eigenvalue weighted by Crippen LogP contribution is -2.02. The van der Waals surface area contributed by atoms with Gasteiger partial charge in [-0.3, -0.25) is 10.1 Å². The number of isocyanates is 1. The molecule has 1 aliphatic rings. The molecule has 0 amide bonds. The van der Waals surface area contributed by atoms with Crippen LogP contribution in [0.25, 0.3) is 0 Å². The Hall–Kier alpha value is -2.00. The molecule has 0 aromatic heterocycles. The van der Waals surface area contributed by atoms with Crippen molar-refractivity contribution >= 4 is 11.8 Å². The number of hydrogen-bond donors (Lipinski definition) is 0. The van der Waals surface area contributed by atoms with E-state index >= 15 is 0 Å². The predicted molar refractivity (Wildman–Crippen MR) is 52.1 cm³/mol. The molecule has 5 heteroatoms. The van der Waals surface area contributed by atoms with Gasteiger partial charge < -0.3 is 0 Å². The van der Waals surface area contributed by atoms with E-state index in [1.54, 1.807) is 12.1 Å². The molecule has 5 nitrogen and oxygen atoms in total. The monoisotopic (exact) mass is 204 g/mol. The predicted octanol–water partition coefficient (Wildman–Crippen LogP) is 1.92. The smallest absolute Gasteiger partial charge is 0.258 e. The van der Waals surface area contributed by atoms with E-state index < -0.39 is 10.5 Å². The number of rotatable bonds is 3. The summed E-state index contributed by atoms with van der Waals surface area (Å²) in [6, 6.07) is 6.24. The first kappa shape index (κ1) is 9.55. The average molecular weight is 204 g/mol. The third kappa shape index (κ3) is 1.65. The summed E-state index contributed by atoms with van der Waals surface area (Å²) in [7, 11) is 0. The molecule has 0 spiro atoms. The number of hydrogen-bond acceptors (Lipinski definition) is 4. The molecular formula is C10H8N2O3. The third-order valence-electron chi connectivity index (χ3n) is 2.58. The summed E-state index contributed by atoms with van der Waals surface area (Å²) in [5.74, 6) is 0. The standard InChI is InChI=1S/C10H8N2O3/c13-7-11-10(4-5-10)8-2-1-3-9(6-8)12(14)15/h1-3,6H,4-5H2. The molecule has 1 saturated carbocycles. The Morgan fingerprint density at radius 1 is 1.47 bits per heavy atom. The highest BCUT2D eigenvalue weighted by Gasteiger charge is 2.45. The van der Waals surface area contributed by atoms with Gasteiger partial charge >= 0.3 is 0 Å². The van der Waals surface area contributed by atoms with Gasteiger partial charge in [-0.1, -0.05) is 12.1 Å². The summed E-state index contributed by atoms with van der Waals surface area (Å²) in [4.78, 5) is 24.0. The quantitative estimate of drug-likeness (QED) is 0.327. The Balaban J connectivity index is 2.41. The Bertz CT molecular complexity index is 459. The Morgan fingerprint density at radius 3 is 2.73 bits per heavy atom. The summed E-state index contributed by atoms with van der Waals surface area (Å²) in [5.41, 5.74) is 0.216. The minimum absolute atomic E-state index is 0.0277. The molecular weight excluding hydrogens is 196 g/mol. The number of nitro benzene ring substituents is 1. The molecule has 0 saturated heterocycles. The summed E-state index contributed by atoms with van der Waals surface area (Å²) in [5, 5.41) is 10.6. The van der Waals surface area contributed by atoms with Gasteiger partial charge in [-0.2, -0.15) is 4.99 Å². The molecule has 76 valence electrons. The van der Waals surface area contributed by atoms with E-state index in [0.29, 0.717) is 0 Å². The summed E-state index contributed by atoms with van der Waals surface area (Å²) in [6.45, 7) is 0. The second-order valence-electron chi connectivity index (χ2n) is 3.54. The van der Waals surface area contributed by atoms with E-state index in [2.05, 4.69) is 4.99 Å². The fraction of sp³-hybridized carbons (Fsp3) is 0.300. The molecule has 0 radical (unpaired) electrons. The van der Waals surface area contributed by atoms with Crippen LogP contribution < -0.4 is 0 Å². The van der Waals surface area contributed by atoms with E-state index in [-0.39, 0.29) is 5.69 Å². The minimum atomic E-state index is -0.534. The van der Waals surface area contributed by atoms with E-state index in [0.717, 1.165) is 18.4 Å². The zero-order chi connectivity index (χ0) is 10.9. The van der Waals surface area contributed by atoms with E-state index in [4.69, 9.17) is 0 Å². The van der Waals surface area contributed by atoms with Crippen molar-refractivity contribution in [3.05, 3.63) is 39.9 Å². The van der Waals surface area contributed by atoms with Crippen LogP contribution in [-0.4, -0.2) is 11.0 Å². The van der Waals surface area contributed by atoms with Crippen molar-refractivity contribution in [1.29, 1.82) is 0 Å². The molecule has 15 heavy (non-hydrogen) atoms. The first-order valence-electron chi connectivity index (χ1n) is 4.52. The maximum absolute atomic E-state index is 10.6. The maximum atomic E-state index is 10.6. The number of aliphatic imine (C=N–C) groups is 1. The van der Waals surface area contributed by atoms with Gasteiger partial charge in [-0.25, -0.2) is 4.79 Å². The van der Waals surface area contributed by atoms with Crippen LogP contribution in [0.4, 0.5) is 5.69 Å². The van der Waals surface area contributed by atoms with Crippen LogP contribution in [0.15, 0.2) is 29.3 Å². The van der Waals surface area contributed by atoms with Crippen LogP contribution in [0.5, 0.6) is 0 Å². The maximum Gasteiger partial charge on any atom is 0.269 e. The van der Waals surface area contributed by atoms with Gasteiger partial charge in [0, 0.05) is 12.1 Å². The molecule has 1 fully saturated rings. The minimum Gasteiger partial charge on any atom is -0.258 e. The Morgan fingerprint density at radius 2 is 2.20 bits per heavy atom. The molecule has 2 rings (SSSR count). The Labute approximate surface area is 85.6 Å². The fourth-order valence-electron chi connectivity index (χ4n) is 1.58. The van der Waals surface area contributed by atoms with E-state index in [9.17, 15) is 14.9 Å². The van der Waals surface area contributed by atoms with Crippen LogP contribution in [0.1, 0.15) is 18.4 Å². The molecule has 1 aliphatic carbocycles. The molecule has 1 aromatic rings. The van der Waals surface area contributed by atoms with Gasteiger partial charge in [0.1, 0.15) is 0 Å². The SMILES string of the molecule is O=C=NC1(c2cccc([N+](=O)[O-])c2)CC1. The van der Waals surface area contributed by atoms with Crippen LogP contribution in [0.3, 0.4) is 0 Å². The van der Waals surface area contributed by atoms with Gasteiger partial charge in [0.2, 0.25) is 6.08 Å². The molecule has 0 N–H and O–H groups in total. The highest BCUT2D eigenvalue weighted by molar-refractivity contribution is 5.45. The number of non-ortho nitro benzene ring substituents is 1. The van der Waals surface area contributed by atoms with Crippen molar-refractivity contribution < 1.29 is 9.72 Å². The summed E-state index contributed by atoms with van der Waals surface area (Å²) >= 11 is 0. The number of nitrogens with zero attached hydrogens (tertiary/aromatic N) is 2. The lowest BCUT2D eigenvalue weighted by Gasteiger charge is -2.06. The zero-order valence-electron chi connectivity index (χ0n) is 7.84. The average Bonchev–Trinajstić information content (AvgIpc) is 3.00. The Kier molecular flexibility index (Phi) is 2.10. The van der Waals surface area contributed by atoms with Crippen molar-refractivity contribution in [2.45, 2.75) is 18.4 Å². The number of nitro groups is 1. The third-order valence-corrected chi connectivity index (χ3v) is 2.58. The molecule has 0 atom stereocenters. The largest absolute Gasteiger partial charge is 0.269 e. The highest BCUT2D eigenvalue weighted by atomic mass is 16.6. The number of carbonyl (C=O) groups excluding carboxylic acids is 1. The van der Waals surface area contributed by atoms with Crippen LogP contribution in [0, 0.1) is 10.1 Å². The highest BCUT2D eigenvalue weighted by Crippen LogP contribution is 2.49. The van der Waals surface area contributed by atoms with Gasteiger partial charge in [-0.15, -0.1) is 0 Å². The van der Waals surface area contributed by atoms with Crippen LogP contribution >= 0.6 is 0 Å². The number of benzene rings is 1. The zero-order valence-corrected chi connectivity index (χ0v) is 7.84. The van der Waals surface area contributed by atoms with Crippen LogP contribution in [-0.2, 0) is 10.3 Å². The molecule has 1 aromatic carbocycles. The lowest BCUT2D eigenvalue weighted by molar-refractivity contribution is -0.384. The topological polar surface area (TPSA) is 72.6 Å². The van der Waals surface area contributed by atoms with Crippen molar-refractivity contribution in [1.82, 2.24) is 0 Å². The van der Waals surface area contributed by atoms with Gasteiger partial charge in [0.15, 0.2) is 0 Å². The molecule has 0 unspecified atom stereocenters. The molecule has 0 aliphatic heterocycles. The first-order chi connectivity index (χ1) is 7.18. The second kappa shape index (κ2) is 3.29.